The molecule has 0 aliphatic heterocycles. The van der Waals surface area contributed by atoms with Gasteiger partial charge in [-0.05, 0) is 12.8 Å². The van der Waals surface area contributed by atoms with Crippen molar-refractivity contribution in [1.29, 1.82) is 0 Å². The van der Waals surface area contributed by atoms with E-state index in [4.69, 9.17) is 10.5 Å². The Hall–Kier alpha value is -2.37. The smallest absolute Gasteiger partial charge is 0.326 e. The van der Waals surface area contributed by atoms with Crippen LogP contribution in [0.5, 0.6) is 0 Å². The van der Waals surface area contributed by atoms with Gasteiger partial charge in [-0.25, -0.2) is 0 Å². The lowest BCUT2D eigenvalue weighted by molar-refractivity contribution is -0.155. The lowest BCUT2D eigenvalue weighted by atomic mass is 9.89. The molecule has 0 spiro atoms. The Morgan fingerprint density at radius 2 is 1.78 bits per heavy atom. The molecule has 2 amide bonds. The summed E-state index contributed by atoms with van der Waals surface area (Å²) in [7, 11) is 0. The molecule has 1 aliphatic rings. The second kappa shape index (κ2) is 8.31. The molecule has 1 unspecified atom stereocenters. The van der Waals surface area contributed by atoms with E-state index in [2.05, 4.69) is 5.32 Å². The first-order chi connectivity index (χ1) is 11.1. The number of hydrogen-bond acceptors (Lipinski definition) is 4. The van der Waals surface area contributed by atoms with E-state index in [1.807, 2.05) is 0 Å². The zero-order valence-corrected chi connectivity index (χ0v) is 13.0. The van der Waals surface area contributed by atoms with Crippen molar-refractivity contribution in [3.8, 4) is 0 Å². The van der Waals surface area contributed by atoms with Crippen LogP contribution < -0.4 is 11.1 Å². The number of ether oxygens (including phenoxy) is 1. The van der Waals surface area contributed by atoms with Crippen LogP contribution in [0.4, 0.5) is 0 Å². The third-order valence-corrected chi connectivity index (χ3v) is 3.99. The van der Waals surface area contributed by atoms with Gasteiger partial charge in [0.05, 0.1) is 0 Å². The van der Waals surface area contributed by atoms with E-state index in [0.29, 0.717) is 5.56 Å². The van der Waals surface area contributed by atoms with Gasteiger partial charge in [0.2, 0.25) is 12.0 Å². The van der Waals surface area contributed by atoms with Crippen LogP contribution in [0.2, 0.25) is 0 Å². The third kappa shape index (κ3) is 5.09. The quantitative estimate of drug-likeness (QED) is 0.776. The predicted octanol–water partition coefficient (Wildman–Crippen LogP) is 1.45. The molecule has 1 aliphatic carbocycles. The van der Waals surface area contributed by atoms with Gasteiger partial charge in [-0.3, -0.25) is 14.4 Å². The Balaban J connectivity index is 1.85. The van der Waals surface area contributed by atoms with Crippen molar-refractivity contribution in [3.05, 3.63) is 35.9 Å². The first-order valence-corrected chi connectivity index (χ1v) is 7.89. The van der Waals surface area contributed by atoms with Gasteiger partial charge in [0, 0.05) is 11.5 Å². The maximum Gasteiger partial charge on any atom is 0.326 e. The van der Waals surface area contributed by atoms with Crippen molar-refractivity contribution >= 4 is 17.8 Å². The first kappa shape index (κ1) is 17.0. The summed E-state index contributed by atoms with van der Waals surface area (Å²) in [6.07, 6.45) is 3.81. The van der Waals surface area contributed by atoms with Crippen molar-refractivity contribution in [2.75, 3.05) is 6.54 Å². The number of rotatable bonds is 6. The summed E-state index contributed by atoms with van der Waals surface area (Å²) >= 11 is 0. The Labute approximate surface area is 135 Å². The highest BCUT2D eigenvalue weighted by Gasteiger charge is 2.24. The standard InChI is InChI=1S/C17H22N2O4/c18-16(21)15(12-7-3-1-4-8-12)23-14(20)11-19-17(22)13-9-5-2-6-10-13/h1,3-4,7-8,13,15H,2,5-6,9-11H2,(H2,18,21)(H,19,22). The summed E-state index contributed by atoms with van der Waals surface area (Å²) in [4.78, 5) is 35.3. The predicted molar refractivity (Wildman–Crippen MR) is 84.1 cm³/mol. The van der Waals surface area contributed by atoms with Gasteiger partial charge in [0.15, 0.2) is 0 Å². The van der Waals surface area contributed by atoms with Crippen LogP contribution >= 0.6 is 0 Å². The summed E-state index contributed by atoms with van der Waals surface area (Å²) < 4.78 is 5.11. The number of carbonyl (C=O) groups is 3. The van der Waals surface area contributed by atoms with Crippen LogP contribution in [0.3, 0.4) is 0 Å². The molecule has 0 radical (unpaired) electrons. The average molecular weight is 318 g/mol. The zero-order chi connectivity index (χ0) is 16.7. The highest BCUT2D eigenvalue weighted by Crippen LogP contribution is 2.23. The van der Waals surface area contributed by atoms with E-state index in [-0.39, 0.29) is 18.4 Å². The Morgan fingerprint density at radius 3 is 2.39 bits per heavy atom. The van der Waals surface area contributed by atoms with Crippen LogP contribution in [0.25, 0.3) is 0 Å². The molecule has 0 bridgehead atoms. The molecular weight excluding hydrogens is 296 g/mol. The second-order valence-corrected chi connectivity index (χ2v) is 5.74. The van der Waals surface area contributed by atoms with Crippen LogP contribution in [-0.2, 0) is 19.1 Å². The molecule has 1 fully saturated rings. The van der Waals surface area contributed by atoms with Crippen LogP contribution in [0.15, 0.2) is 30.3 Å². The average Bonchev–Trinajstić information content (AvgIpc) is 2.58. The molecule has 6 heteroatoms. The number of primary amides is 1. The maximum absolute atomic E-state index is 12.0. The molecule has 6 nitrogen and oxygen atoms in total. The first-order valence-electron chi connectivity index (χ1n) is 7.89. The number of nitrogens with one attached hydrogen (secondary N) is 1. The van der Waals surface area contributed by atoms with Gasteiger partial charge in [-0.2, -0.15) is 0 Å². The fraction of sp³-hybridized carbons (Fsp3) is 0.471. The maximum atomic E-state index is 12.0. The normalized spacial score (nSPS) is 16.3. The van der Waals surface area contributed by atoms with E-state index >= 15 is 0 Å². The lowest BCUT2D eigenvalue weighted by Crippen LogP contribution is -2.37. The van der Waals surface area contributed by atoms with Crippen LogP contribution in [0.1, 0.15) is 43.8 Å². The van der Waals surface area contributed by atoms with E-state index in [9.17, 15) is 14.4 Å². The summed E-state index contributed by atoms with van der Waals surface area (Å²) in [6, 6.07) is 8.55. The summed E-state index contributed by atoms with van der Waals surface area (Å²) in [5, 5.41) is 2.58. The third-order valence-electron chi connectivity index (χ3n) is 3.99. The number of benzene rings is 1. The van der Waals surface area contributed by atoms with Gasteiger partial charge in [0.1, 0.15) is 6.54 Å². The minimum atomic E-state index is -1.14. The molecule has 3 N–H and O–H groups in total. The Morgan fingerprint density at radius 1 is 1.13 bits per heavy atom. The molecule has 1 saturated carbocycles. The summed E-state index contributed by atoms with van der Waals surface area (Å²) in [5.41, 5.74) is 5.79. The van der Waals surface area contributed by atoms with Gasteiger partial charge >= 0.3 is 5.97 Å². The monoisotopic (exact) mass is 318 g/mol. The number of carbonyl (C=O) groups excluding carboxylic acids is 3. The van der Waals surface area contributed by atoms with Crippen molar-refractivity contribution in [2.24, 2.45) is 11.7 Å². The molecule has 124 valence electrons. The fourth-order valence-electron chi connectivity index (χ4n) is 2.76. The minimum Gasteiger partial charge on any atom is -0.446 e. The summed E-state index contributed by atoms with van der Waals surface area (Å²) in [6.45, 7) is -0.258. The lowest BCUT2D eigenvalue weighted by Gasteiger charge is -2.21. The van der Waals surface area contributed by atoms with E-state index < -0.39 is 18.0 Å². The minimum absolute atomic E-state index is 0.0300. The highest BCUT2D eigenvalue weighted by atomic mass is 16.5. The van der Waals surface area contributed by atoms with Crippen molar-refractivity contribution in [1.82, 2.24) is 5.32 Å². The Bertz CT molecular complexity index is 553. The molecule has 0 saturated heterocycles. The topological polar surface area (TPSA) is 98.5 Å². The van der Waals surface area contributed by atoms with Gasteiger partial charge in [-0.1, -0.05) is 49.6 Å². The van der Waals surface area contributed by atoms with Crippen LogP contribution in [0, 0.1) is 5.92 Å². The fourth-order valence-corrected chi connectivity index (χ4v) is 2.76. The van der Waals surface area contributed by atoms with Crippen molar-refractivity contribution in [2.45, 2.75) is 38.2 Å². The van der Waals surface area contributed by atoms with Crippen molar-refractivity contribution < 1.29 is 19.1 Å². The number of amides is 2. The van der Waals surface area contributed by atoms with Gasteiger partial charge in [0.25, 0.3) is 5.91 Å². The number of nitrogens with two attached hydrogens (primary N) is 1. The molecule has 1 aromatic carbocycles. The molecule has 0 heterocycles. The van der Waals surface area contributed by atoms with Gasteiger partial charge < -0.3 is 15.8 Å². The van der Waals surface area contributed by atoms with Crippen LogP contribution in [-0.4, -0.2) is 24.3 Å². The molecular formula is C17H22N2O4. The molecule has 0 aromatic heterocycles. The highest BCUT2D eigenvalue weighted by molar-refractivity contribution is 5.86. The van der Waals surface area contributed by atoms with Crippen molar-refractivity contribution in [3.63, 3.8) is 0 Å². The number of esters is 1. The SMILES string of the molecule is NC(=O)C(OC(=O)CNC(=O)C1CCCCC1)c1ccccc1. The summed E-state index contributed by atoms with van der Waals surface area (Å²) in [5.74, 6) is -1.58. The Kier molecular flexibility index (Phi) is 6.14. The second-order valence-electron chi connectivity index (χ2n) is 5.74. The zero-order valence-electron chi connectivity index (χ0n) is 13.0. The van der Waals surface area contributed by atoms with E-state index in [1.165, 1.54) is 0 Å². The number of hydrogen-bond donors (Lipinski definition) is 2. The molecule has 1 atom stereocenters. The molecule has 2 rings (SSSR count). The van der Waals surface area contributed by atoms with E-state index in [0.717, 1.165) is 32.1 Å². The molecule has 23 heavy (non-hydrogen) atoms. The molecule has 1 aromatic rings. The van der Waals surface area contributed by atoms with E-state index in [1.54, 1.807) is 30.3 Å². The largest absolute Gasteiger partial charge is 0.446 e. The van der Waals surface area contributed by atoms with Gasteiger partial charge in [-0.15, -0.1) is 0 Å².